The maximum atomic E-state index is 12.8. The van der Waals surface area contributed by atoms with E-state index in [0.29, 0.717) is 18.8 Å². The molecule has 0 unspecified atom stereocenters. The third kappa shape index (κ3) is 3.96. The Morgan fingerprint density at radius 2 is 2.21 bits per heavy atom. The molecule has 1 atom stereocenters. The highest BCUT2D eigenvalue weighted by atomic mass is 79.9. The van der Waals surface area contributed by atoms with Crippen LogP contribution in [0.1, 0.15) is 29.8 Å². The largest absolute Gasteiger partial charge is 0.481 e. The fraction of sp³-hybridized carbons (Fsp3) is 0.412. The second-order valence-corrected chi connectivity index (χ2v) is 6.86. The number of hydrogen-bond acceptors (Lipinski definition) is 3. The van der Waals surface area contributed by atoms with E-state index in [1.807, 2.05) is 18.2 Å². The van der Waals surface area contributed by atoms with Gasteiger partial charge in [0.2, 0.25) is 0 Å². The average Bonchev–Trinajstić information content (AvgIpc) is 3.19. The summed E-state index contributed by atoms with van der Waals surface area (Å²) in [5.41, 5.74) is 1.34. The molecule has 1 aromatic carbocycles. The molecule has 2 aromatic rings. The fourth-order valence-corrected chi connectivity index (χ4v) is 3.31. The van der Waals surface area contributed by atoms with Crippen molar-refractivity contribution in [3.8, 4) is 0 Å². The van der Waals surface area contributed by atoms with Gasteiger partial charge in [-0.1, -0.05) is 15.9 Å². The number of carboxylic acids is 1. The summed E-state index contributed by atoms with van der Waals surface area (Å²) in [6.07, 6.45) is 1.79. The van der Waals surface area contributed by atoms with Crippen LogP contribution < -0.4 is 0 Å². The van der Waals surface area contributed by atoms with E-state index >= 15 is 0 Å². The lowest BCUT2D eigenvalue weighted by atomic mass is 10.2. The molecule has 1 fully saturated rings. The minimum Gasteiger partial charge on any atom is -0.481 e. The van der Waals surface area contributed by atoms with Crippen molar-refractivity contribution in [3.05, 3.63) is 34.4 Å². The number of aromatic amines is 1. The first-order chi connectivity index (χ1) is 11.5. The number of ether oxygens (including phenoxy) is 1. The monoisotopic (exact) mass is 394 g/mol. The topological polar surface area (TPSA) is 82.6 Å². The first-order valence-electron chi connectivity index (χ1n) is 7.94. The number of nitrogens with one attached hydrogen (secondary N) is 1. The zero-order valence-electron chi connectivity index (χ0n) is 13.1. The second kappa shape index (κ2) is 7.36. The number of aromatic nitrogens is 1. The van der Waals surface area contributed by atoms with Crippen LogP contribution in [0.4, 0.5) is 0 Å². The molecule has 0 saturated carbocycles. The molecule has 24 heavy (non-hydrogen) atoms. The van der Waals surface area contributed by atoms with Crippen molar-refractivity contribution in [1.82, 2.24) is 9.88 Å². The Labute approximate surface area is 147 Å². The van der Waals surface area contributed by atoms with E-state index in [9.17, 15) is 9.59 Å². The van der Waals surface area contributed by atoms with Crippen LogP contribution in [-0.4, -0.2) is 52.7 Å². The van der Waals surface area contributed by atoms with Gasteiger partial charge in [0.05, 0.1) is 12.5 Å². The van der Waals surface area contributed by atoms with Gasteiger partial charge in [-0.2, -0.15) is 0 Å². The molecular weight excluding hydrogens is 376 g/mol. The lowest BCUT2D eigenvalue weighted by molar-refractivity contribution is -0.137. The molecule has 2 N–H and O–H groups in total. The van der Waals surface area contributed by atoms with Gasteiger partial charge in [0, 0.05) is 35.1 Å². The molecular formula is C17H19BrN2O4. The van der Waals surface area contributed by atoms with Gasteiger partial charge >= 0.3 is 5.97 Å². The molecule has 0 aliphatic carbocycles. The van der Waals surface area contributed by atoms with Gasteiger partial charge in [-0.3, -0.25) is 9.59 Å². The van der Waals surface area contributed by atoms with Crippen molar-refractivity contribution in [3.63, 3.8) is 0 Å². The van der Waals surface area contributed by atoms with Crippen molar-refractivity contribution in [2.45, 2.75) is 25.4 Å². The molecule has 1 saturated heterocycles. The van der Waals surface area contributed by atoms with Gasteiger partial charge in [-0.05, 0) is 37.1 Å². The van der Waals surface area contributed by atoms with Crippen LogP contribution in [-0.2, 0) is 9.53 Å². The first-order valence-corrected chi connectivity index (χ1v) is 8.73. The number of rotatable bonds is 6. The molecule has 6 nitrogen and oxygen atoms in total. The molecule has 7 heteroatoms. The summed E-state index contributed by atoms with van der Waals surface area (Å²) >= 11 is 3.42. The number of benzene rings is 1. The van der Waals surface area contributed by atoms with Gasteiger partial charge in [0.15, 0.2) is 0 Å². The highest BCUT2D eigenvalue weighted by Crippen LogP contribution is 2.22. The highest BCUT2D eigenvalue weighted by Gasteiger charge is 2.24. The van der Waals surface area contributed by atoms with E-state index in [1.165, 1.54) is 0 Å². The molecule has 0 radical (unpaired) electrons. The fourth-order valence-electron chi connectivity index (χ4n) is 2.93. The van der Waals surface area contributed by atoms with Crippen LogP contribution in [0.25, 0.3) is 10.9 Å². The van der Waals surface area contributed by atoms with Gasteiger partial charge in [-0.15, -0.1) is 0 Å². The third-order valence-electron chi connectivity index (χ3n) is 4.14. The summed E-state index contributed by atoms with van der Waals surface area (Å²) in [6.45, 7) is 1.30. The summed E-state index contributed by atoms with van der Waals surface area (Å²) in [5.74, 6) is -1.11. The number of hydrogen-bond donors (Lipinski definition) is 2. The van der Waals surface area contributed by atoms with E-state index in [1.54, 1.807) is 11.0 Å². The van der Waals surface area contributed by atoms with E-state index in [2.05, 4.69) is 20.9 Å². The minimum absolute atomic E-state index is 0.0127. The highest BCUT2D eigenvalue weighted by molar-refractivity contribution is 9.10. The van der Waals surface area contributed by atoms with Crippen molar-refractivity contribution in [1.29, 1.82) is 0 Å². The lowest BCUT2D eigenvalue weighted by Gasteiger charge is -2.24. The number of carbonyl (C=O) groups is 2. The Bertz CT molecular complexity index is 752. The predicted molar refractivity (Wildman–Crippen MR) is 93.1 cm³/mol. The van der Waals surface area contributed by atoms with Crippen LogP contribution in [0.2, 0.25) is 0 Å². The SMILES string of the molecule is O=C(O)CCN(C[C@H]1CCCO1)C(=O)c1cc2cc(Br)ccc2[nH]1. The zero-order chi connectivity index (χ0) is 17.1. The molecule has 0 spiro atoms. The van der Waals surface area contributed by atoms with E-state index in [4.69, 9.17) is 9.84 Å². The predicted octanol–water partition coefficient (Wildman–Crippen LogP) is 3.03. The van der Waals surface area contributed by atoms with Gasteiger partial charge < -0.3 is 19.7 Å². The summed E-state index contributed by atoms with van der Waals surface area (Å²) in [7, 11) is 0. The maximum Gasteiger partial charge on any atom is 0.305 e. The molecule has 0 bridgehead atoms. The number of fused-ring (bicyclic) bond motifs is 1. The van der Waals surface area contributed by atoms with Gasteiger partial charge in [-0.25, -0.2) is 0 Å². The Kier molecular flexibility index (Phi) is 5.20. The van der Waals surface area contributed by atoms with Crippen molar-refractivity contribution < 1.29 is 19.4 Å². The van der Waals surface area contributed by atoms with Crippen LogP contribution >= 0.6 is 15.9 Å². The number of halogens is 1. The molecule has 1 aliphatic heterocycles. The summed E-state index contributed by atoms with van der Waals surface area (Å²) in [6, 6.07) is 7.54. The average molecular weight is 395 g/mol. The van der Waals surface area contributed by atoms with E-state index in [-0.39, 0.29) is 25.0 Å². The minimum atomic E-state index is -0.916. The number of carbonyl (C=O) groups excluding carboxylic acids is 1. The van der Waals surface area contributed by atoms with Crippen molar-refractivity contribution >= 4 is 38.7 Å². The molecule has 2 heterocycles. The molecule has 1 aliphatic rings. The van der Waals surface area contributed by atoms with Crippen LogP contribution in [0.5, 0.6) is 0 Å². The molecule has 3 rings (SSSR count). The number of amides is 1. The maximum absolute atomic E-state index is 12.8. The van der Waals surface area contributed by atoms with E-state index < -0.39 is 5.97 Å². The molecule has 1 aromatic heterocycles. The Hall–Kier alpha value is -1.86. The van der Waals surface area contributed by atoms with Crippen LogP contribution in [0.3, 0.4) is 0 Å². The standard InChI is InChI=1S/C17H19BrN2O4/c18-12-3-4-14-11(8-12)9-15(19-14)17(23)20(6-5-16(21)22)10-13-2-1-7-24-13/h3-4,8-9,13,19H,1-2,5-7,10H2,(H,21,22)/t13-/m1/s1. The lowest BCUT2D eigenvalue weighted by Crippen LogP contribution is -2.39. The van der Waals surface area contributed by atoms with Crippen molar-refractivity contribution in [2.24, 2.45) is 0 Å². The number of aliphatic carboxylic acids is 1. The number of carboxylic acid groups (broad SMARTS) is 1. The van der Waals surface area contributed by atoms with Gasteiger partial charge in [0.1, 0.15) is 5.69 Å². The number of H-pyrrole nitrogens is 1. The van der Waals surface area contributed by atoms with Crippen molar-refractivity contribution in [2.75, 3.05) is 19.7 Å². The summed E-state index contributed by atoms with van der Waals surface area (Å²) in [5, 5.41) is 9.87. The smallest absolute Gasteiger partial charge is 0.305 e. The number of nitrogens with zero attached hydrogens (tertiary/aromatic N) is 1. The normalized spacial score (nSPS) is 17.3. The van der Waals surface area contributed by atoms with Gasteiger partial charge in [0.25, 0.3) is 5.91 Å². The second-order valence-electron chi connectivity index (χ2n) is 5.94. The zero-order valence-corrected chi connectivity index (χ0v) is 14.7. The first kappa shape index (κ1) is 17.0. The Balaban J connectivity index is 1.80. The van der Waals surface area contributed by atoms with Crippen LogP contribution in [0, 0.1) is 0 Å². The van der Waals surface area contributed by atoms with Crippen LogP contribution in [0.15, 0.2) is 28.7 Å². The third-order valence-corrected chi connectivity index (χ3v) is 4.64. The summed E-state index contributed by atoms with van der Waals surface area (Å²) < 4.78 is 6.53. The van der Waals surface area contributed by atoms with E-state index in [0.717, 1.165) is 28.2 Å². The summed E-state index contributed by atoms with van der Waals surface area (Å²) in [4.78, 5) is 28.4. The Morgan fingerprint density at radius 3 is 2.92 bits per heavy atom. The molecule has 1 amide bonds. The Morgan fingerprint density at radius 1 is 1.38 bits per heavy atom. The quantitative estimate of drug-likeness (QED) is 0.788. The molecule has 128 valence electrons.